The molecule has 3 rings (SSSR count). The van der Waals surface area contributed by atoms with E-state index in [9.17, 15) is 14.7 Å². The van der Waals surface area contributed by atoms with E-state index in [-0.39, 0.29) is 48.8 Å². The Labute approximate surface area is 213 Å². The highest BCUT2D eigenvalue weighted by molar-refractivity contribution is 5.76. The van der Waals surface area contributed by atoms with Crippen LogP contribution in [0, 0.1) is 12.8 Å². The number of aromatic nitrogens is 2. The summed E-state index contributed by atoms with van der Waals surface area (Å²) < 4.78 is 1.39. The molecule has 0 bridgehead atoms. The molecular formula is C27H38N6O3. The second kappa shape index (κ2) is 15.3. The zero-order valence-corrected chi connectivity index (χ0v) is 21.6. The third-order valence-electron chi connectivity index (χ3n) is 5.47. The van der Waals surface area contributed by atoms with Crippen molar-refractivity contribution in [3.8, 4) is 0 Å². The monoisotopic (exact) mass is 494 g/mol. The Hall–Kier alpha value is -3.72. The number of nitrogens with zero attached hydrogens (tertiary/aromatic N) is 3. The van der Waals surface area contributed by atoms with Gasteiger partial charge in [-0.05, 0) is 24.6 Å². The van der Waals surface area contributed by atoms with Crippen LogP contribution in [0.1, 0.15) is 37.9 Å². The van der Waals surface area contributed by atoms with E-state index >= 15 is 0 Å². The van der Waals surface area contributed by atoms with Crippen molar-refractivity contribution in [2.75, 3.05) is 31.6 Å². The summed E-state index contributed by atoms with van der Waals surface area (Å²) in [6.07, 6.45) is 9.20. The van der Waals surface area contributed by atoms with Gasteiger partial charge in [0.05, 0.1) is 18.8 Å². The molecule has 0 saturated heterocycles. The molecule has 9 nitrogen and oxygen atoms in total. The van der Waals surface area contributed by atoms with Crippen LogP contribution in [0.2, 0.25) is 0 Å². The zero-order chi connectivity index (χ0) is 26.3. The first-order valence-electron chi connectivity index (χ1n) is 12.3. The molecule has 0 saturated carbocycles. The molecule has 0 fully saturated rings. The van der Waals surface area contributed by atoms with Crippen molar-refractivity contribution < 1.29 is 9.90 Å². The number of nitrogens with one attached hydrogen (secondary N) is 3. The quantitative estimate of drug-likeness (QED) is 0.425. The Morgan fingerprint density at radius 3 is 2.75 bits per heavy atom. The van der Waals surface area contributed by atoms with Crippen LogP contribution in [0.25, 0.3) is 0 Å². The van der Waals surface area contributed by atoms with Gasteiger partial charge in [0.2, 0.25) is 5.91 Å². The Bertz CT molecular complexity index is 1110. The Kier molecular flexibility index (Phi) is 12.1. The third kappa shape index (κ3) is 8.81. The van der Waals surface area contributed by atoms with Crippen molar-refractivity contribution in [2.24, 2.45) is 10.9 Å². The molecule has 1 aliphatic rings. The van der Waals surface area contributed by atoms with E-state index in [0.29, 0.717) is 18.8 Å². The smallest absolute Gasteiger partial charge is 0.293 e. The molecule has 9 heteroatoms. The van der Waals surface area contributed by atoms with Crippen LogP contribution in [-0.4, -0.2) is 53.0 Å². The fourth-order valence-corrected chi connectivity index (χ4v) is 3.52. The van der Waals surface area contributed by atoms with E-state index in [1.807, 2.05) is 69.5 Å². The number of carbonyl (C=O) groups excluding carboxylic acids is 1. The van der Waals surface area contributed by atoms with Gasteiger partial charge in [-0.15, -0.1) is 0 Å². The molecule has 4 N–H and O–H groups in total. The van der Waals surface area contributed by atoms with Gasteiger partial charge in [-0.2, -0.15) is 0 Å². The summed E-state index contributed by atoms with van der Waals surface area (Å²) in [4.78, 5) is 34.2. The number of aliphatic hydroxyl groups excluding tert-OH is 1. The number of aryl methyl sites for hydroxylation is 1. The molecule has 2 heterocycles. The fourth-order valence-electron chi connectivity index (χ4n) is 3.52. The molecule has 0 spiro atoms. The Morgan fingerprint density at radius 2 is 2.03 bits per heavy atom. The number of carbonyl (C=O) groups is 1. The Balaban J connectivity index is 0.00000222. The summed E-state index contributed by atoms with van der Waals surface area (Å²) in [5.74, 6) is -0.164. The first-order valence-corrected chi connectivity index (χ1v) is 12.3. The van der Waals surface area contributed by atoms with Crippen molar-refractivity contribution in [3.63, 3.8) is 0 Å². The largest absolute Gasteiger partial charge is 0.396 e. The average molecular weight is 495 g/mol. The van der Waals surface area contributed by atoms with E-state index < -0.39 is 0 Å². The molecule has 2 unspecified atom stereocenters. The standard InChI is InChI=1S/C25H32N6O3.C2H6/c1-18-8-9-26-10-11-27-22(12-18)15-28-23(33)16-31-19(2)13-29-24(25(31)34)30-14-21(17-32)20-6-4-3-5-7-20;1-2/h3-9,11-13,18,21,26,32H,10,14-17H2,1-2H3,(H,28,33)(H,29,30);1-2H3/b9-8-,22-12-,27-11?;. The first kappa shape index (κ1) is 28.5. The SMILES string of the molecule is CC.Cc1cnc(NCC(CO)c2ccccc2)c(=O)n1CC(=O)NC/C1=C/C(C)/C=C\NCC=N1. The minimum absolute atomic E-state index is 0.0672. The highest BCUT2D eigenvalue weighted by atomic mass is 16.3. The molecule has 1 aromatic carbocycles. The van der Waals surface area contributed by atoms with Crippen LogP contribution >= 0.6 is 0 Å². The van der Waals surface area contributed by atoms with Gasteiger partial charge in [-0.3, -0.25) is 19.1 Å². The zero-order valence-electron chi connectivity index (χ0n) is 21.6. The number of anilines is 1. The number of benzene rings is 1. The van der Waals surface area contributed by atoms with Gasteiger partial charge in [0.25, 0.3) is 5.56 Å². The molecule has 36 heavy (non-hydrogen) atoms. The molecule has 0 radical (unpaired) electrons. The van der Waals surface area contributed by atoms with Gasteiger partial charge >= 0.3 is 0 Å². The summed E-state index contributed by atoms with van der Waals surface area (Å²) in [5.41, 5.74) is 1.92. The van der Waals surface area contributed by atoms with E-state index in [1.165, 1.54) is 4.57 Å². The number of aliphatic hydroxyl groups is 1. The molecule has 1 aromatic heterocycles. The third-order valence-corrected chi connectivity index (χ3v) is 5.47. The van der Waals surface area contributed by atoms with E-state index in [2.05, 4.69) is 25.9 Å². The lowest BCUT2D eigenvalue weighted by Crippen LogP contribution is -2.35. The van der Waals surface area contributed by atoms with Crippen molar-refractivity contribution in [3.05, 3.63) is 82.2 Å². The second-order valence-electron chi connectivity index (χ2n) is 8.18. The summed E-state index contributed by atoms with van der Waals surface area (Å²) >= 11 is 0. The molecule has 194 valence electrons. The van der Waals surface area contributed by atoms with Crippen LogP contribution in [-0.2, 0) is 11.3 Å². The van der Waals surface area contributed by atoms with Crippen molar-refractivity contribution in [2.45, 2.75) is 40.2 Å². The van der Waals surface area contributed by atoms with E-state index in [0.717, 1.165) is 11.3 Å². The van der Waals surface area contributed by atoms with Crippen LogP contribution in [0.3, 0.4) is 0 Å². The van der Waals surface area contributed by atoms with Crippen molar-refractivity contribution in [1.29, 1.82) is 0 Å². The lowest BCUT2D eigenvalue weighted by atomic mass is 10.0. The maximum absolute atomic E-state index is 13.0. The molecule has 1 amide bonds. The van der Waals surface area contributed by atoms with E-state index in [1.54, 1.807) is 19.3 Å². The van der Waals surface area contributed by atoms with Gasteiger partial charge in [0.1, 0.15) is 6.54 Å². The van der Waals surface area contributed by atoms with Crippen LogP contribution < -0.4 is 21.5 Å². The number of rotatable bonds is 9. The summed E-state index contributed by atoms with van der Waals surface area (Å²) in [6, 6.07) is 9.58. The first-order chi connectivity index (χ1) is 17.5. The lowest BCUT2D eigenvalue weighted by Gasteiger charge is -2.17. The number of hydrogen-bond donors (Lipinski definition) is 4. The molecule has 0 aliphatic carbocycles. The molecule has 1 aliphatic heterocycles. The summed E-state index contributed by atoms with van der Waals surface area (Å²) in [6.45, 7) is 8.79. The minimum Gasteiger partial charge on any atom is -0.396 e. The summed E-state index contributed by atoms with van der Waals surface area (Å²) in [5, 5.41) is 18.7. The average Bonchev–Trinajstić information content (AvgIpc) is 3.00. The summed E-state index contributed by atoms with van der Waals surface area (Å²) in [7, 11) is 0. The van der Waals surface area contributed by atoms with Crippen molar-refractivity contribution in [1.82, 2.24) is 20.2 Å². The Morgan fingerprint density at radius 1 is 1.28 bits per heavy atom. The van der Waals surface area contributed by atoms with Gasteiger partial charge in [0.15, 0.2) is 5.82 Å². The minimum atomic E-state index is -0.385. The van der Waals surface area contributed by atoms with Crippen LogP contribution in [0.5, 0.6) is 0 Å². The van der Waals surface area contributed by atoms with Gasteiger partial charge in [-0.1, -0.05) is 63.3 Å². The predicted molar refractivity (Wildman–Crippen MR) is 145 cm³/mol. The van der Waals surface area contributed by atoms with E-state index in [4.69, 9.17) is 0 Å². The molecule has 2 aromatic rings. The van der Waals surface area contributed by atoms with Crippen molar-refractivity contribution >= 4 is 17.9 Å². The van der Waals surface area contributed by atoms with Crippen LogP contribution in [0.4, 0.5) is 5.82 Å². The van der Waals surface area contributed by atoms with Crippen LogP contribution in [0.15, 0.2) is 70.4 Å². The molecule has 2 atom stereocenters. The number of aliphatic imine (C=N–C) groups is 1. The number of hydrogen-bond acceptors (Lipinski definition) is 7. The second-order valence-corrected chi connectivity index (χ2v) is 8.18. The number of amides is 1. The van der Waals surface area contributed by atoms with Gasteiger partial charge < -0.3 is 21.1 Å². The fraction of sp³-hybridized carbons (Fsp3) is 0.407. The maximum atomic E-state index is 13.0. The molecular weight excluding hydrogens is 456 g/mol. The lowest BCUT2D eigenvalue weighted by molar-refractivity contribution is -0.121. The highest BCUT2D eigenvalue weighted by Gasteiger charge is 2.15. The predicted octanol–water partition coefficient (Wildman–Crippen LogP) is 2.59. The van der Waals surface area contributed by atoms with Gasteiger partial charge in [0, 0.05) is 37.1 Å². The highest BCUT2D eigenvalue weighted by Crippen LogP contribution is 2.15. The topological polar surface area (TPSA) is 121 Å². The van der Waals surface area contributed by atoms with Gasteiger partial charge in [-0.25, -0.2) is 4.98 Å². The normalized spacial score (nSPS) is 18.0. The number of allylic oxidation sites excluding steroid dienone is 2. The maximum Gasteiger partial charge on any atom is 0.293 e.